The minimum Gasteiger partial charge on any atom is -0.465 e. The molecule has 0 aromatic carbocycles. The number of hydrogen-bond donors (Lipinski definition) is 3. The second-order valence-electron chi connectivity index (χ2n) is 5.40. The predicted octanol–water partition coefficient (Wildman–Crippen LogP) is 1.64. The van der Waals surface area contributed by atoms with Crippen molar-refractivity contribution in [2.45, 2.75) is 44.9 Å². The van der Waals surface area contributed by atoms with E-state index in [1.54, 1.807) is 0 Å². The lowest BCUT2D eigenvalue weighted by Gasteiger charge is -2.37. The zero-order valence-corrected chi connectivity index (χ0v) is 11.7. The van der Waals surface area contributed by atoms with Gasteiger partial charge in [-0.25, -0.2) is 4.79 Å². The van der Waals surface area contributed by atoms with Gasteiger partial charge in [0, 0.05) is 0 Å². The number of rotatable bonds is 5. The summed E-state index contributed by atoms with van der Waals surface area (Å²) >= 11 is 0. The highest BCUT2D eigenvalue weighted by atomic mass is 28.4. The van der Waals surface area contributed by atoms with Gasteiger partial charge in [0.1, 0.15) is 0 Å². The Morgan fingerprint density at radius 3 is 2.25 bits per heavy atom. The van der Waals surface area contributed by atoms with Crippen LogP contribution in [-0.4, -0.2) is 43.9 Å². The molecule has 0 radical (unpaired) electrons. The van der Waals surface area contributed by atoms with Crippen LogP contribution >= 0.6 is 0 Å². The van der Waals surface area contributed by atoms with E-state index in [-0.39, 0.29) is 18.3 Å². The van der Waals surface area contributed by atoms with Crippen molar-refractivity contribution in [2.75, 3.05) is 13.2 Å². The molecule has 0 spiro atoms. The van der Waals surface area contributed by atoms with Crippen molar-refractivity contribution in [2.24, 2.45) is 0 Å². The molecular weight excluding hydrogens is 226 g/mol. The molecule has 96 valence electrons. The summed E-state index contributed by atoms with van der Waals surface area (Å²) in [6, 6.07) is -0.549. The Morgan fingerprint density at radius 2 is 1.94 bits per heavy atom. The van der Waals surface area contributed by atoms with Crippen molar-refractivity contribution in [1.29, 1.82) is 0 Å². The Bertz CT molecular complexity index is 237. The summed E-state index contributed by atoms with van der Waals surface area (Å²) in [4.78, 5) is 10.4. The number of hydrogen-bond acceptors (Lipinski definition) is 3. The van der Waals surface area contributed by atoms with E-state index in [1.807, 2.05) is 0 Å². The lowest BCUT2D eigenvalue weighted by molar-refractivity contribution is 0.151. The summed E-state index contributed by atoms with van der Waals surface area (Å²) in [5.74, 6) is 0. The zero-order chi connectivity index (χ0) is 13.0. The van der Waals surface area contributed by atoms with Crippen LogP contribution in [0.2, 0.25) is 18.1 Å². The van der Waals surface area contributed by atoms with Crippen molar-refractivity contribution in [1.82, 2.24) is 5.32 Å². The number of carbonyl (C=O) groups is 1. The third-order valence-electron chi connectivity index (χ3n) is 3.00. The molecule has 16 heavy (non-hydrogen) atoms. The molecule has 1 amide bonds. The molecule has 0 fully saturated rings. The van der Waals surface area contributed by atoms with Crippen molar-refractivity contribution >= 4 is 14.4 Å². The van der Waals surface area contributed by atoms with Crippen molar-refractivity contribution in [3.05, 3.63) is 0 Å². The van der Waals surface area contributed by atoms with E-state index in [0.717, 1.165) is 0 Å². The molecule has 0 aliphatic rings. The van der Waals surface area contributed by atoms with Crippen LogP contribution in [-0.2, 0) is 4.43 Å². The maximum Gasteiger partial charge on any atom is 0.405 e. The topological polar surface area (TPSA) is 78.8 Å². The highest BCUT2D eigenvalue weighted by molar-refractivity contribution is 6.74. The average molecular weight is 249 g/mol. The molecule has 0 aliphatic heterocycles. The second kappa shape index (κ2) is 5.65. The van der Waals surface area contributed by atoms with Gasteiger partial charge < -0.3 is 20.0 Å². The van der Waals surface area contributed by atoms with Gasteiger partial charge >= 0.3 is 6.09 Å². The highest BCUT2D eigenvalue weighted by Gasteiger charge is 2.37. The normalized spacial score (nSPS) is 14.6. The van der Waals surface area contributed by atoms with Crippen LogP contribution in [0, 0.1) is 0 Å². The molecule has 1 atom stereocenters. The molecule has 3 N–H and O–H groups in total. The van der Waals surface area contributed by atoms with Gasteiger partial charge in [-0.05, 0) is 18.1 Å². The van der Waals surface area contributed by atoms with Gasteiger partial charge in [0.25, 0.3) is 0 Å². The fraction of sp³-hybridized carbons (Fsp3) is 0.900. The Morgan fingerprint density at radius 1 is 1.44 bits per heavy atom. The Hall–Kier alpha value is -0.593. The minimum absolute atomic E-state index is 0.0796. The molecule has 0 aliphatic carbocycles. The predicted molar refractivity (Wildman–Crippen MR) is 65.2 cm³/mol. The summed E-state index contributed by atoms with van der Waals surface area (Å²) in [7, 11) is -1.88. The van der Waals surface area contributed by atoms with E-state index < -0.39 is 20.5 Å². The van der Waals surface area contributed by atoms with Crippen molar-refractivity contribution in [3.63, 3.8) is 0 Å². The molecule has 6 heteroatoms. The van der Waals surface area contributed by atoms with Crippen molar-refractivity contribution < 1.29 is 19.4 Å². The van der Waals surface area contributed by atoms with E-state index >= 15 is 0 Å². The molecule has 0 heterocycles. The van der Waals surface area contributed by atoms with Crippen LogP contribution in [0.3, 0.4) is 0 Å². The van der Waals surface area contributed by atoms with Crippen LogP contribution in [0.5, 0.6) is 0 Å². The van der Waals surface area contributed by atoms with Gasteiger partial charge in [-0.3, -0.25) is 0 Å². The maximum absolute atomic E-state index is 10.4. The number of amides is 1. The van der Waals surface area contributed by atoms with Crippen LogP contribution in [0.25, 0.3) is 0 Å². The van der Waals surface area contributed by atoms with Gasteiger partial charge in [-0.15, -0.1) is 0 Å². The minimum atomic E-state index is -1.88. The molecule has 0 bridgehead atoms. The SMILES string of the molecule is CC(C)(C)[Si](C)(C)OCC(CO)NC(=O)O. The van der Waals surface area contributed by atoms with Gasteiger partial charge in [0.15, 0.2) is 8.32 Å². The zero-order valence-electron chi connectivity index (χ0n) is 10.7. The first-order valence-corrected chi connectivity index (χ1v) is 8.25. The van der Waals surface area contributed by atoms with E-state index in [1.165, 1.54) is 0 Å². The quantitative estimate of drug-likeness (QED) is 0.647. The maximum atomic E-state index is 10.4. The summed E-state index contributed by atoms with van der Waals surface area (Å²) in [5.41, 5.74) is 0. The van der Waals surface area contributed by atoms with E-state index in [0.29, 0.717) is 0 Å². The summed E-state index contributed by atoms with van der Waals surface area (Å²) in [6.45, 7) is 10.5. The van der Waals surface area contributed by atoms with Gasteiger partial charge in [-0.1, -0.05) is 20.8 Å². The monoisotopic (exact) mass is 249 g/mol. The standard InChI is InChI=1S/C10H23NO4Si/c1-10(2,3)16(4,5)15-7-8(6-12)11-9(13)14/h8,11-12H,6-7H2,1-5H3,(H,13,14). The Balaban J connectivity index is 4.26. The third-order valence-corrected chi connectivity index (χ3v) is 7.50. The van der Waals surface area contributed by atoms with Crippen LogP contribution in [0.4, 0.5) is 4.79 Å². The van der Waals surface area contributed by atoms with Crippen LogP contribution in [0.1, 0.15) is 20.8 Å². The van der Waals surface area contributed by atoms with Gasteiger partial charge in [0.05, 0.1) is 19.3 Å². The first-order valence-electron chi connectivity index (χ1n) is 5.34. The number of aliphatic hydroxyl groups is 1. The van der Waals surface area contributed by atoms with Crippen LogP contribution in [0.15, 0.2) is 0 Å². The summed E-state index contributed by atoms with van der Waals surface area (Å²) in [5, 5.41) is 19.8. The average Bonchev–Trinajstić information content (AvgIpc) is 2.09. The van der Waals surface area contributed by atoms with Crippen molar-refractivity contribution in [3.8, 4) is 0 Å². The molecule has 0 aromatic rings. The van der Waals surface area contributed by atoms with Gasteiger partial charge in [0.2, 0.25) is 0 Å². The van der Waals surface area contributed by atoms with Gasteiger partial charge in [-0.2, -0.15) is 0 Å². The summed E-state index contributed by atoms with van der Waals surface area (Å²) < 4.78 is 5.80. The molecule has 0 aromatic heterocycles. The molecule has 0 rings (SSSR count). The Labute approximate surface area is 97.9 Å². The van der Waals surface area contributed by atoms with E-state index in [9.17, 15) is 4.79 Å². The molecule has 0 saturated heterocycles. The second-order valence-corrected chi connectivity index (χ2v) is 10.2. The van der Waals surface area contributed by atoms with E-state index in [4.69, 9.17) is 14.6 Å². The third kappa shape index (κ3) is 4.96. The lowest BCUT2D eigenvalue weighted by Crippen LogP contribution is -2.47. The largest absolute Gasteiger partial charge is 0.465 e. The number of carboxylic acid groups (broad SMARTS) is 1. The fourth-order valence-corrected chi connectivity index (χ4v) is 1.89. The lowest BCUT2D eigenvalue weighted by atomic mass is 10.2. The summed E-state index contributed by atoms with van der Waals surface area (Å²) in [6.07, 6.45) is -1.14. The highest BCUT2D eigenvalue weighted by Crippen LogP contribution is 2.36. The van der Waals surface area contributed by atoms with E-state index in [2.05, 4.69) is 39.2 Å². The number of nitrogens with one attached hydrogen (secondary N) is 1. The molecule has 5 nitrogen and oxygen atoms in total. The number of aliphatic hydroxyl groups excluding tert-OH is 1. The smallest absolute Gasteiger partial charge is 0.405 e. The molecule has 1 unspecified atom stereocenters. The molecule has 0 saturated carbocycles. The fourth-order valence-electron chi connectivity index (χ4n) is 0.840. The molecular formula is C10H23NO4Si. The first-order chi connectivity index (χ1) is 7.10. The Kier molecular flexibility index (Phi) is 5.44. The van der Waals surface area contributed by atoms with Crippen LogP contribution < -0.4 is 5.32 Å². The first kappa shape index (κ1) is 15.4.